The molecule has 0 fully saturated rings. The summed E-state index contributed by atoms with van der Waals surface area (Å²) in [6.07, 6.45) is 68.9. The van der Waals surface area contributed by atoms with E-state index in [-0.39, 0.29) is 18.5 Å². The number of hydrogen-bond acceptors (Lipinski definition) is 5. The molecule has 1 amide bonds. The Morgan fingerprint density at radius 1 is 0.409 bits per heavy atom. The van der Waals surface area contributed by atoms with Gasteiger partial charge in [0, 0.05) is 12.8 Å². The number of rotatable bonds is 54. The number of nitrogens with one attached hydrogen (secondary N) is 1. The second-order valence-electron chi connectivity index (χ2n) is 20.0. The molecule has 0 saturated heterocycles. The van der Waals surface area contributed by atoms with E-state index in [0.29, 0.717) is 19.4 Å². The predicted octanol–water partition coefficient (Wildman–Crippen LogP) is 18.0. The summed E-state index contributed by atoms with van der Waals surface area (Å²) < 4.78 is 5.48. The van der Waals surface area contributed by atoms with Gasteiger partial charge in [0.2, 0.25) is 5.91 Å². The number of esters is 1. The van der Waals surface area contributed by atoms with E-state index in [1.54, 1.807) is 6.08 Å². The summed E-state index contributed by atoms with van der Waals surface area (Å²) in [5, 5.41) is 23.0. The van der Waals surface area contributed by atoms with Gasteiger partial charge >= 0.3 is 5.97 Å². The number of amides is 1. The minimum absolute atomic E-state index is 0.00166. The van der Waals surface area contributed by atoms with E-state index in [0.717, 1.165) is 51.4 Å². The first-order valence-corrected chi connectivity index (χ1v) is 29.3. The van der Waals surface area contributed by atoms with Gasteiger partial charge in [-0.1, -0.05) is 249 Å². The van der Waals surface area contributed by atoms with Gasteiger partial charge in [0.05, 0.1) is 25.4 Å². The molecule has 0 aromatic rings. The predicted molar refractivity (Wildman–Crippen MR) is 287 cm³/mol. The van der Waals surface area contributed by atoms with Crippen LogP contribution in [0.3, 0.4) is 0 Å². The van der Waals surface area contributed by atoms with E-state index < -0.39 is 12.1 Å². The lowest BCUT2D eigenvalue weighted by atomic mass is 10.0. The lowest BCUT2D eigenvalue weighted by molar-refractivity contribution is -0.143. The van der Waals surface area contributed by atoms with Gasteiger partial charge in [-0.25, -0.2) is 0 Å². The van der Waals surface area contributed by atoms with Gasteiger partial charge in [-0.2, -0.15) is 0 Å². The first-order chi connectivity index (χ1) is 32.5. The molecule has 0 aliphatic heterocycles. The van der Waals surface area contributed by atoms with Crippen LogP contribution < -0.4 is 5.32 Å². The molecule has 6 heteroatoms. The summed E-state index contributed by atoms with van der Waals surface area (Å²) in [6, 6.07) is -0.632. The van der Waals surface area contributed by atoms with Crippen molar-refractivity contribution in [1.29, 1.82) is 0 Å². The summed E-state index contributed by atoms with van der Waals surface area (Å²) in [5.74, 6) is -0.0748. The lowest BCUT2D eigenvalue weighted by Gasteiger charge is -2.20. The Balaban J connectivity index is 3.42. The molecule has 2 atom stereocenters. The van der Waals surface area contributed by atoms with Gasteiger partial charge in [-0.05, 0) is 83.5 Å². The van der Waals surface area contributed by atoms with E-state index in [1.165, 1.54) is 231 Å². The van der Waals surface area contributed by atoms with Crippen molar-refractivity contribution in [2.24, 2.45) is 0 Å². The Hall–Kier alpha value is -1.92. The summed E-state index contributed by atoms with van der Waals surface area (Å²) in [6.45, 7) is 4.88. The highest BCUT2D eigenvalue weighted by atomic mass is 16.5. The Labute approximate surface area is 411 Å². The maximum absolute atomic E-state index is 12.4. The summed E-state index contributed by atoms with van der Waals surface area (Å²) in [4.78, 5) is 24.5. The van der Waals surface area contributed by atoms with Crippen molar-refractivity contribution in [2.75, 3.05) is 13.2 Å². The zero-order valence-electron chi connectivity index (χ0n) is 44.2. The number of unbranched alkanes of at least 4 members (excludes halogenated alkanes) is 39. The molecule has 6 nitrogen and oxygen atoms in total. The number of aliphatic hydroxyl groups excluding tert-OH is 2. The quantitative estimate of drug-likeness (QED) is 0.0321. The van der Waals surface area contributed by atoms with E-state index in [9.17, 15) is 19.8 Å². The standard InChI is InChI=1S/C60H113NO5/c1-3-5-7-9-11-13-15-16-17-27-30-34-38-42-46-50-54-60(65)66-55-51-47-43-39-35-31-28-25-23-21-19-18-20-22-24-26-29-33-37-41-45-49-53-59(64)61-57(56-62)58(63)52-48-44-40-36-32-14-12-10-8-6-4-2/h17,20,22,27,48,52,57-58,62-63H,3-16,18-19,21,23-26,28-47,49-51,53-56H2,1-2H3,(H,61,64)/b22-20-,27-17-,52-48+. The van der Waals surface area contributed by atoms with Gasteiger partial charge in [0.1, 0.15) is 0 Å². The Morgan fingerprint density at radius 2 is 0.712 bits per heavy atom. The first kappa shape index (κ1) is 64.1. The minimum Gasteiger partial charge on any atom is -0.466 e. The van der Waals surface area contributed by atoms with Crippen LogP contribution in [0.1, 0.15) is 309 Å². The van der Waals surface area contributed by atoms with E-state index in [4.69, 9.17) is 4.74 Å². The average Bonchev–Trinajstić information content (AvgIpc) is 3.32. The third-order valence-electron chi connectivity index (χ3n) is 13.4. The van der Waals surface area contributed by atoms with Crippen molar-refractivity contribution in [2.45, 2.75) is 321 Å². The zero-order chi connectivity index (χ0) is 47.9. The fourth-order valence-corrected chi connectivity index (χ4v) is 8.86. The molecule has 0 spiro atoms. The molecule has 0 heterocycles. The van der Waals surface area contributed by atoms with Crippen LogP contribution in [0.5, 0.6) is 0 Å². The van der Waals surface area contributed by atoms with Crippen LogP contribution in [0.15, 0.2) is 36.5 Å². The van der Waals surface area contributed by atoms with Crippen molar-refractivity contribution >= 4 is 11.9 Å². The van der Waals surface area contributed by atoms with Crippen LogP contribution in [-0.2, 0) is 14.3 Å². The Kier molecular flexibility index (Phi) is 54.1. The molecule has 3 N–H and O–H groups in total. The molecule has 0 rings (SSSR count). The molecule has 0 radical (unpaired) electrons. The molecule has 0 aliphatic carbocycles. The Morgan fingerprint density at radius 3 is 1.08 bits per heavy atom. The fraction of sp³-hybridized carbons (Fsp3) is 0.867. The molecule has 0 aromatic carbocycles. The molecule has 0 bridgehead atoms. The van der Waals surface area contributed by atoms with Crippen molar-refractivity contribution in [3.63, 3.8) is 0 Å². The first-order valence-electron chi connectivity index (χ1n) is 29.3. The van der Waals surface area contributed by atoms with Crippen molar-refractivity contribution < 1.29 is 24.5 Å². The van der Waals surface area contributed by atoms with Gasteiger partial charge in [-0.15, -0.1) is 0 Å². The van der Waals surface area contributed by atoms with Crippen LogP contribution in [0.25, 0.3) is 0 Å². The molecule has 2 unspecified atom stereocenters. The molecule has 0 aliphatic rings. The molecular weight excluding hydrogens is 815 g/mol. The van der Waals surface area contributed by atoms with Crippen molar-refractivity contribution in [1.82, 2.24) is 5.32 Å². The maximum Gasteiger partial charge on any atom is 0.305 e. The van der Waals surface area contributed by atoms with Crippen LogP contribution in [-0.4, -0.2) is 47.4 Å². The highest BCUT2D eigenvalue weighted by Crippen LogP contribution is 2.16. The average molecular weight is 929 g/mol. The van der Waals surface area contributed by atoms with E-state index >= 15 is 0 Å². The largest absolute Gasteiger partial charge is 0.466 e. The summed E-state index contributed by atoms with van der Waals surface area (Å²) in [7, 11) is 0. The Bertz CT molecular complexity index is 1070. The summed E-state index contributed by atoms with van der Waals surface area (Å²) in [5.41, 5.74) is 0. The molecule has 388 valence electrons. The number of allylic oxidation sites excluding steroid dienone is 5. The van der Waals surface area contributed by atoms with E-state index in [1.807, 2.05) is 6.08 Å². The topological polar surface area (TPSA) is 95.9 Å². The van der Waals surface area contributed by atoms with Crippen molar-refractivity contribution in [3.05, 3.63) is 36.5 Å². The van der Waals surface area contributed by atoms with Crippen LogP contribution in [0.2, 0.25) is 0 Å². The van der Waals surface area contributed by atoms with E-state index in [2.05, 4.69) is 43.5 Å². The minimum atomic E-state index is -0.847. The third-order valence-corrected chi connectivity index (χ3v) is 13.4. The number of carbonyl (C=O) groups excluding carboxylic acids is 2. The zero-order valence-corrected chi connectivity index (χ0v) is 44.2. The van der Waals surface area contributed by atoms with Gasteiger partial charge in [-0.3, -0.25) is 9.59 Å². The van der Waals surface area contributed by atoms with Gasteiger partial charge < -0.3 is 20.3 Å². The van der Waals surface area contributed by atoms with Gasteiger partial charge in [0.25, 0.3) is 0 Å². The smallest absolute Gasteiger partial charge is 0.305 e. The van der Waals surface area contributed by atoms with Crippen LogP contribution in [0, 0.1) is 0 Å². The molecule has 66 heavy (non-hydrogen) atoms. The number of ether oxygens (including phenoxy) is 1. The second-order valence-corrected chi connectivity index (χ2v) is 20.0. The SMILES string of the molecule is CCCCCCCCC/C=C\CCCCCCCC(=O)OCCCCCCCCCCCCC/C=C\CCCCCCCCCC(=O)NC(CO)C(O)/C=C/CCCCCCCCCCC. The highest BCUT2D eigenvalue weighted by Gasteiger charge is 2.18. The van der Waals surface area contributed by atoms with Gasteiger partial charge in [0.15, 0.2) is 0 Å². The normalized spacial score (nSPS) is 12.8. The molecule has 0 aromatic heterocycles. The second kappa shape index (κ2) is 55.7. The number of aliphatic hydroxyl groups is 2. The maximum atomic E-state index is 12.4. The lowest BCUT2D eigenvalue weighted by Crippen LogP contribution is -2.45. The monoisotopic (exact) mass is 928 g/mol. The molecular formula is C60H113NO5. The van der Waals surface area contributed by atoms with Crippen LogP contribution in [0.4, 0.5) is 0 Å². The molecule has 0 saturated carbocycles. The number of hydrogen-bond donors (Lipinski definition) is 3. The van der Waals surface area contributed by atoms with Crippen molar-refractivity contribution in [3.8, 4) is 0 Å². The summed E-state index contributed by atoms with van der Waals surface area (Å²) >= 11 is 0. The fourth-order valence-electron chi connectivity index (χ4n) is 8.86. The highest BCUT2D eigenvalue weighted by molar-refractivity contribution is 5.76. The van der Waals surface area contributed by atoms with Crippen LogP contribution >= 0.6 is 0 Å². The number of carbonyl (C=O) groups is 2. The third kappa shape index (κ3) is 51.5.